The molecule has 4 nitrogen and oxygen atoms in total. The maximum absolute atomic E-state index is 12.7. The first kappa shape index (κ1) is 18.5. The van der Waals surface area contributed by atoms with Gasteiger partial charge in [-0.3, -0.25) is 4.79 Å². The number of ether oxygens (including phenoxy) is 1. The minimum atomic E-state index is 0.0734. The second-order valence-electron chi connectivity index (χ2n) is 7.15. The summed E-state index contributed by atoms with van der Waals surface area (Å²) in [7, 11) is 0. The van der Waals surface area contributed by atoms with Crippen LogP contribution < -0.4 is 4.74 Å². The molecule has 138 valence electrons. The summed E-state index contributed by atoms with van der Waals surface area (Å²) in [6, 6.07) is 7.67. The summed E-state index contributed by atoms with van der Waals surface area (Å²) >= 11 is 6.10. The first-order valence-corrected chi connectivity index (χ1v) is 10.0. The van der Waals surface area contributed by atoms with Gasteiger partial charge in [0.1, 0.15) is 5.75 Å². The summed E-state index contributed by atoms with van der Waals surface area (Å²) in [6.45, 7) is 4.48. The maximum Gasteiger partial charge on any atom is 0.260 e. The number of hydrogen-bond donors (Lipinski definition) is 0. The highest BCUT2D eigenvalue weighted by Crippen LogP contribution is 2.24. The zero-order valence-electron chi connectivity index (χ0n) is 15.0. The molecule has 0 spiro atoms. The Bertz CT molecular complexity index is 560. The number of piperidine rings is 2. The van der Waals surface area contributed by atoms with Gasteiger partial charge in [-0.1, -0.05) is 30.2 Å². The second kappa shape index (κ2) is 9.44. The van der Waals surface area contributed by atoms with Gasteiger partial charge in [0.25, 0.3) is 5.91 Å². The van der Waals surface area contributed by atoms with Crippen molar-refractivity contribution in [3.05, 3.63) is 29.3 Å². The largest absolute Gasteiger partial charge is 0.482 e. The maximum atomic E-state index is 12.7. The van der Waals surface area contributed by atoms with Crippen LogP contribution in [0.3, 0.4) is 0 Å². The van der Waals surface area contributed by atoms with Crippen LogP contribution in [-0.4, -0.2) is 54.5 Å². The number of carbonyl (C=O) groups is 1. The highest BCUT2D eigenvalue weighted by molar-refractivity contribution is 6.32. The molecule has 1 atom stereocenters. The molecule has 2 aliphatic rings. The summed E-state index contributed by atoms with van der Waals surface area (Å²) < 4.78 is 5.66. The number of halogens is 1. The van der Waals surface area contributed by atoms with Crippen LogP contribution in [0.25, 0.3) is 0 Å². The summed E-state index contributed by atoms with van der Waals surface area (Å²) in [6.07, 6.45) is 8.52. The van der Waals surface area contributed by atoms with Gasteiger partial charge in [0.2, 0.25) is 0 Å². The molecule has 2 fully saturated rings. The molecule has 5 heteroatoms. The quantitative estimate of drug-likeness (QED) is 0.765. The van der Waals surface area contributed by atoms with E-state index in [0.29, 0.717) is 16.8 Å². The van der Waals surface area contributed by atoms with E-state index in [2.05, 4.69) is 4.90 Å². The molecular weight excluding hydrogens is 336 g/mol. The van der Waals surface area contributed by atoms with Crippen LogP contribution in [0, 0.1) is 0 Å². The summed E-state index contributed by atoms with van der Waals surface area (Å²) in [5.74, 6) is 0.669. The molecule has 3 rings (SSSR count). The van der Waals surface area contributed by atoms with Gasteiger partial charge < -0.3 is 14.5 Å². The lowest BCUT2D eigenvalue weighted by Gasteiger charge is -2.37. The van der Waals surface area contributed by atoms with Gasteiger partial charge in [-0.25, -0.2) is 0 Å². The Morgan fingerprint density at radius 3 is 2.64 bits per heavy atom. The van der Waals surface area contributed by atoms with E-state index in [1.807, 2.05) is 17.0 Å². The average Bonchev–Trinajstić information content (AvgIpc) is 2.66. The first-order valence-electron chi connectivity index (χ1n) is 9.63. The van der Waals surface area contributed by atoms with E-state index in [-0.39, 0.29) is 12.5 Å². The second-order valence-corrected chi connectivity index (χ2v) is 7.55. The minimum absolute atomic E-state index is 0.0734. The normalized spacial score (nSPS) is 22.0. The fourth-order valence-corrected chi connectivity index (χ4v) is 4.12. The molecule has 0 N–H and O–H groups in total. The van der Waals surface area contributed by atoms with Crippen molar-refractivity contribution < 1.29 is 9.53 Å². The van der Waals surface area contributed by atoms with Crippen molar-refractivity contribution in [2.45, 2.75) is 51.0 Å². The third kappa shape index (κ3) is 5.35. The van der Waals surface area contributed by atoms with Gasteiger partial charge in [0, 0.05) is 19.1 Å². The predicted molar refractivity (Wildman–Crippen MR) is 101 cm³/mol. The van der Waals surface area contributed by atoms with E-state index < -0.39 is 0 Å². The molecule has 0 aromatic heterocycles. The smallest absolute Gasteiger partial charge is 0.260 e. The number of nitrogens with zero attached hydrogens (tertiary/aromatic N) is 2. The third-order valence-electron chi connectivity index (χ3n) is 5.36. The number of benzene rings is 1. The molecule has 1 unspecified atom stereocenters. The fourth-order valence-electron chi connectivity index (χ4n) is 3.93. The molecule has 25 heavy (non-hydrogen) atoms. The van der Waals surface area contributed by atoms with Crippen LogP contribution in [0.5, 0.6) is 5.75 Å². The van der Waals surface area contributed by atoms with E-state index in [1.165, 1.54) is 38.8 Å². The molecule has 2 aliphatic heterocycles. The van der Waals surface area contributed by atoms with E-state index in [9.17, 15) is 4.79 Å². The number of para-hydroxylation sites is 1. The zero-order chi connectivity index (χ0) is 17.5. The first-order chi connectivity index (χ1) is 12.2. The number of rotatable bonds is 6. The lowest BCUT2D eigenvalue weighted by atomic mass is 9.98. The molecular formula is C20H29ClN2O2. The van der Waals surface area contributed by atoms with Crippen molar-refractivity contribution in [1.82, 2.24) is 9.80 Å². The van der Waals surface area contributed by atoms with Gasteiger partial charge in [-0.15, -0.1) is 0 Å². The minimum Gasteiger partial charge on any atom is -0.482 e. The lowest BCUT2D eigenvalue weighted by Crippen LogP contribution is -2.47. The Labute approximate surface area is 156 Å². The van der Waals surface area contributed by atoms with Crippen LogP contribution >= 0.6 is 11.6 Å². The molecule has 0 saturated carbocycles. The standard InChI is InChI=1S/C20H29ClN2O2/c21-18-9-2-3-10-19(18)25-16-20(24)23-14-7-4-8-17(23)11-15-22-12-5-1-6-13-22/h2-3,9-10,17H,1,4-8,11-16H2. The number of amides is 1. The summed E-state index contributed by atoms with van der Waals surface area (Å²) in [5, 5.41) is 0.551. The Kier molecular flexibility index (Phi) is 7.00. The molecule has 0 aliphatic carbocycles. The van der Waals surface area contributed by atoms with E-state index in [0.717, 1.165) is 32.4 Å². The molecule has 1 amide bonds. The highest BCUT2D eigenvalue weighted by atomic mass is 35.5. The summed E-state index contributed by atoms with van der Waals surface area (Å²) in [5.41, 5.74) is 0. The lowest BCUT2D eigenvalue weighted by molar-refractivity contribution is -0.137. The molecule has 1 aromatic rings. The van der Waals surface area contributed by atoms with Crippen molar-refractivity contribution in [2.75, 3.05) is 32.8 Å². The predicted octanol–water partition coefficient (Wildman–Crippen LogP) is 3.98. The van der Waals surface area contributed by atoms with Gasteiger partial charge in [-0.2, -0.15) is 0 Å². The van der Waals surface area contributed by atoms with E-state index in [4.69, 9.17) is 16.3 Å². The molecule has 0 bridgehead atoms. The molecule has 2 heterocycles. The van der Waals surface area contributed by atoms with E-state index >= 15 is 0 Å². The van der Waals surface area contributed by atoms with Gasteiger partial charge in [0.15, 0.2) is 6.61 Å². The van der Waals surface area contributed by atoms with E-state index in [1.54, 1.807) is 12.1 Å². The van der Waals surface area contributed by atoms with Crippen LogP contribution in [0.15, 0.2) is 24.3 Å². The number of likely N-dealkylation sites (tertiary alicyclic amines) is 2. The zero-order valence-corrected chi connectivity index (χ0v) is 15.7. The van der Waals surface area contributed by atoms with Crippen molar-refractivity contribution in [2.24, 2.45) is 0 Å². The fraction of sp³-hybridized carbons (Fsp3) is 0.650. The molecule has 1 aromatic carbocycles. The Morgan fingerprint density at radius 2 is 1.84 bits per heavy atom. The van der Waals surface area contributed by atoms with Crippen molar-refractivity contribution in [3.63, 3.8) is 0 Å². The van der Waals surface area contributed by atoms with Gasteiger partial charge in [-0.05, 0) is 63.7 Å². The van der Waals surface area contributed by atoms with Crippen LogP contribution in [0.1, 0.15) is 44.9 Å². The van der Waals surface area contributed by atoms with Crippen molar-refractivity contribution >= 4 is 17.5 Å². The SMILES string of the molecule is O=C(COc1ccccc1Cl)N1CCCCC1CCN1CCCCC1. The van der Waals surface area contributed by atoms with Crippen LogP contribution in [-0.2, 0) is 4.79 Å². The van der Waals surface area contributed by atoms with Gasteiger partial charge >= 0.3 is 0 Å². The topological polar surface area (TPSA) is 32.8 Å². The van der Waals surface area contributed by atoms with Crippen LogP contribution in [0.4, 0.5) is 0 Å². The highest BCUT2D eigenvalue weighted by Gasteiger charge is 2.27. The summed E-state index contributed by atoms with van der Waals surface area (Å²) in [4.78, 5) is 17.3. The van der Waals surface area contributed by atoms with Gasteiger partial charge in [0.05, 0.1) is 5.02 Å². The Hall–Kier alpha value is -1.26. The molecule has 2 saturated heterocycles. The van der Waals surface area contributed by atoms with Crippen molar-refractivity contribution in [1.29, 1.82) is 0 Å². The average molecular weight is 365 g/mol. The van der Waals surface area contributed by atoms with Crippen molar-refractivity contribution in [3.8, 4) is 5.75 Å². The van der Waals surface area contributed by atoms with Crippen LogP contribution in [0.2, 0.25) is 5.02 Å². The Morgan fingerprint density at radius 1 is 1.08 bits per heavy atom. The number of hydrogen-bond acceptors (Lipinski definition) is 3. The molecule has 0 radical (unpaired) electrons. The number of carbonyl (C=O) groups excluding carboxylic acids is 1. The monoisotopic (exact) mass is 364 g/mol. The third-order valence-corrected chi connectivity index (χ3v) is 5.67. The Balaban J connectivity index is 1.50.